The van der Waals surface area contributed by atoms with Crippen molar-refractivity contribution in [2.24, 2.45) is 5.92 Å². The minimum absolute atomic E-state index is 0.553. The zero-order chi connectivity index (χ0) is 14.5. The molecule has 0 fully saturated rings. The number of hydrogen-bond acceptors (Lipinski definition) is 3. The van der Waals surface area contributed by atoms with E-state index in [1.807, 2.05) is 12.3 Å². The summed E-state index contributed by atoms with van der Waals surface area (Å²) < 4.78 is 7.80. The number of aryl methyl sites for hydroxylation is 2. The number of pyridine rings is 1. The minimum Gasteiger partial charge on any atom is -0.379 e. The van der Waals surface area contributed by atoms with Gasteiger partial charge in [-0.25, -0.2) is 9.97 Å². The monoisotopic (exact) mass is 295 g/mol. The van der Waals surface area contributed by atoms with Crippen molar-refractivity contribution in [3.8, 4) is 0 Å². The average molecular weight is 296 g/mol. The van der Waals surface area contributed by atoms with Gasteiger partial charge in [0, 0.05) is 31.6 Å². The van der Waals surface area contributed by atoms with Gasteiger partial charge in [0.2, 0.25) is 0 Å². The average Bonchev–Trinajstić information content (AvgIpc) is 2.75. The molecule has 0 spiro atoms. The molecule has 0 radical (unpaired) electrons. The first-order chi connectivity index (χ1) is 9.63. The molecule has 0 amide bonds. The lowest BCUT2D eigenvalue weighted by atomic mass is 10.2. The highest BCUT2D eigenvalue weighted by molar-refractivity contribution is 6.17. The Morgan fingerprint density at radius 1 is 1.40 bits per heavy atom. The molecule has 0 N–H and O–H groups in total. The highest BCUT2D eigenvalue weighted by Gasteiger charge is 2.12. The molecule has 2 heterocycles. The molecule has 0 aliphatic heterocycles. The quantitative estimate of drug-likeness (QED) is 0.582. The number of imidazole rings is 1. The van der Waals surface area contributed by atoms with Crippen molar-refractivity contribution in [1.29, 1.82) is 0 Å². The fourth-order valence-electron chi connectivity index (χ4n) is 2.17. The number of nitrogens with zero attached hydrogens (tertiary/aromatic N) is 3. The van der Waals surface area contributed by atoms with Crippen molar-refractivity contribution in [3.63, 3.8) is 0 Å². The molecular formula is C15H22ClN3O. The van der Waals surface area contributed by atoms with Gasteiger partial charge in [0.1, 0.15) is 11.3 Å². The molecule has 2 aromatic rings. The van der Waals surface area contributed by atoms with E-state index in [1.165, 1.54) is 0 Å². The van der Waals surface area contributed by atoms with E-state index in [2.05, 4.69) is 35.3 Å². The first-order valence-corrected chi connectivity index (χ1v) is 7.61. The summed E-state index contributed by atoms with van der Waals surface area (Å²) in [6.45, 7) is 8.58. The Balaban J connectivity index is 2.20. The third-order valence-corrected chi connectivity index (χ3v) is 3.33. The van der Waals surface area contributed by atoms with Crippen LogP contribution in [-0.2, 0) is 17.7 Å². The zero-order valence-corrected chi connectivity index (χ0v) is 13.2. The first kappa shape index (κ1) is 15.3. The second-order valence-electron chi connectivity index (χ2n) is 5.39. The standard InChI is InChI=1S/C15H22ClN3O/c1-11(2)10-20-9-8-19-13(4-6-16)18-14-12(3)5-7-17-15(14)19/h5,7,11H,4,6,8-10H2,1-3H3. The van der Waals surface area contributed by atoms with Gasteiger partial charge in [0.25, 0.3) is 0 Å². The van der Waals surface area contributed by atoms with Crippen LogP contribution in [0.5, 0.6) is 0 Å². The number of rotatable bonds is 7. The number of halogens is 1. The van der Waals surface area contributed by atoms with Crippen molar-refractivity contribution in [2.75, 3.05) is 19.1 Å². The molecule has 2 rings (SSSR count). The van der Waals surface area contributed by atoms with E-state index in [9.17, 15) is 0 Å². The maximum Gasteiger partial charge on any atom is 0.160 e. The third-order valence-electron chi connectivity index (χ3n) is 3.14. The van der Waals surface area contributed by atoms with E-state index in [0.29, 0.717) is 18.4 Å². The summed E-state index contributed by atoms with van der Waals surface area (Å²) in [5.74, 6) is 2.11. The van der Waals surface area contributed by atoms with Crippen LogP contribution in [0.15, 0.2) is 12.3 Å². The summed E-state index contributed by atoms with van der Waals surface area (Å²) >= 11 is 5.87. The van der Waals surface area contributed by atoms with Gasteiger partial charge in [-0.15, -0.1) is 11.6 Å². The number of fused-ring (bicyclic) bond motifs is 1. The second-order valence-corrected chi connectivity index (χ2v) is 5.77. The summed E-state index contributed by atoms with van der Waals surface area (Å²) in [6.07, 6.45) is 2.58. The van der Waals surface area contributed by atoms with Gasteiger partial charge in [-0.05, 0) is 24.5 Å². The van der Waals surface area contributed by atoms with Gasteiger partial charge >= 0.3 is 0 Å². The number of aromatic nitrogens is 3. The molecule has 0 unspecified atom stereocenters. The number of ether oxygens (including phenoxy) is 1. The number of alkyl halides is 1. The van der Waals surface area contributed by atoms with Crippen molar-refractivity contribution in [2.45, 2.75) is 33.7 Å². The van der Waals surface area contributed by atoms with Crippen molar-refractivity contribution >= 4 is 22.8 Å². The van der Waals surface area contributed by atoms with E-state index >= 15 is 0 Å². The van der Waals surface area contributed by atoms with E-state index < -0.39 is 0 Å². The topological polar surface area (TPSA) is 39.9 Å². The van der Waals surface area contributed by atoms with Gasteiger partial charge in [-0.3, -0.25) is 0 Å². The molecule has 0 saturated heterocycles. The van der Waals surface area contributed by atoms with Gasteiger partial charge < -0.3 is 9.30 Å². The Morgan fingerprint density at radius 3 is 2.90 bits per heavy atom. The summed E-state index contributed by atoms with van der Waals surface area (Å²) in [6, 6.07) is 1.99. The van der Waals surface area contributed by atoms with Gasteiger partial charge in [-0.1, -0.05) is 13.8 Å². The van der Waals surface area contributed by atoms with Crippen LogP contribution in [0.25, 0.3) is 11.2 Å². The molecule has 5 heteroatoms. The summed E-state index contributed by atoms with van der Waals surface area (Å²) in [7, 11) is 0. The first-order valence-electron chi connectivity index (χ1n) is 7.08. The summed E-state index contributed by atoms with van der Waals surface area (Å²) in [4.78, 5) is 9.14. The van der Waals surface area contributed by atoms with E-state index in [-0.39, 0.29) is 0 Å². The molecule has 0 aliphatic carbocycles. The lowest BCUT2D eigenvalue weighted by Crippen LogP contribution is -2.12. The Hall–Kier alpha value is -1.13. The molecule has 110 valence electrons. The van der Waals surface area contributed by atoms with Crippen molar-refractivity contribution in [3.05, 3.63) is 23.7 Å². The molecule has 20 heavy (non-hydrogen) atoms. The fraction of sp³-hybridized carbons (Fsp3) is 0.600. The Morgan fingerprint density at radius 2 is 2.20 bits per heavy atom. The highest BCUT2D eigenvalue weighted by Crippen LogP contribution is 2.18. The smallest absolute Gasteiger partial charge is 0.160 e. The molecule has 0 aromatic carbocycles. The van der Waals surface area contributed by atoms with Crippen LogP contribution in [-0.4, -0.2) is 33.6 Å². The van der Waals surface area contributed by atoms with Crippen molar-refractivity contribution < 1.29 is 4.74 Å². The fourth-order valence-corrected chi connectivity index (χ4v) is 2.34. The lowest BCUT2D eigenvalue weighted by molar-refractivity contribution is 0.103. The largest absolute Gasteiger partial charge is 0.379 e. The van der Waals surface area contributed by atoms with E-state index in [4.69, 9.17) is 16.3 Å². The SMILES string of the molecule is Cc1ccnc2c1nc(CCCl)n2CCOCC(C)C. The van der Waals surface area contributed by atoms with Crippen LogP contribution >= 0.6 is 11.6 Å². The second kappa shape index (κ2) is 7.04. The van der Waals surface area contributed by atoms with E-state index in [1.54, 1.807) is 0 Å². The van der Waals surface area contributed by atoms with Crippen LogP contribution in [0.2, 0.25) is 0 Å². The van der Waals surface area contributed by atoms with Crippen LogP contribution in [0.1, 0.15) is 25.2 Å². The zero-order valence-electron chi connectivity index (χ0n) is 12.4. The van der Waals surface area contributed by atoms with Gasteiger partial charge in [0.15, 0.2) is 5.65 Å². The molecule has 0 atom stereocenters. The highest BCUT2D eigenvalue weighted by atomic mass is 35.5. The predicted octanol–water partition coefficient (Wildman–Crippen LogP) is 3.19. The Bertz CT molecular complexity index is 565. The number of hydrogen-bond donors (Lipinski definition) is 0. The Kier molecular flexibility index (Phi) is 5.38. The third kappa shape index (κ3) is 3.49. The van der Waals surface area contributed by atoms with Crippen molar-refractivity contribution in [1.82, 2.24) is 14.5 Å². The predicted molar refractivity (Wildman–Crippen MR) is 82.3 cm³/mol. The van der Waals surface area contributed by atoms with Crippen LogP contribution < -0.4 is 0 Å². The van der Waals surface area contributed by atoms with E-state index in [0.717, 1.165) is 42.1 Å². The minimum atomic E-state index is 0.553. The maximum atomic E-state index is 5.87. The summed E-state index contributed by atoms with van der Waals surface area (Å²) in [5.41, 5.74) is 3.04. The lowest BCUT2D eigenvalue weighted by Gasteiger charge is -2.10. The van der Waals surface area contributed by atoms with Crippen LogP contribution in [0.3, 0.4) is 0 Å². The molecule has 0 bridgehead atoms. The normalized spacial score (nSPS) is 11.7. The molecule has 4 nitrogen and oxygen atoms in total. The summed E-state index contributed by atoms with van der Waals surface area (Å²) in [5, 5.41) is 0. The van der Waals surface area contributed by atoms with Crippen LogP contribution in [0.4, 0.5) is 0 Å². The maximum absolute atomic E-state index is 5.87. The van der Waals surface area contributed by atoms with Crippen LogP contribution in [0, 0.1) is 12.8 Å². The molecular weight excluding hydrogens is 274 g/mol. The van der Waals surface area contributed by atoms with Gasteiger partial charge in [0.05, 0.1) is 6.61 Å². The molecule has 0 saturated carbocycles. The molecule has 0 aliphatic rings. The van der Waals surface area contributed by atoms with Gasteiger partial charge in [-0.2, -0.15) is 0 Å². The molecule has 2 aromatic heterocycles. The Labute approximate surface area is 125 Å².